The Bertz CT molecular complexity index is 1070. The van der Waals surface area contributed by atoms with E-state index in [1.165, 1.54) is 12.1 Å². The Hall–Kier alpha value is -3.70. The number of hydrogen-bond donors (Lipinski definition) is 2. The Morgan fingerprint density at radius 1 is 0.800 bits per heavy atom. The van der Waals surface area contributed by atoms with E-state index in [1.807, 2.05) is 78.1 Å². The van der Waals surface area contributed by atoms with Crippen LogP contribution in [-0.2, 0) is 4.79 Å². The largest absolute Gasteiger partial charge is 0.463 e. The van der Waals surface area contributed by atoms with Gasteiger partial charge >= 0.3 is 0 Å². The molecule has 0 radical (unpaired) electrons. The van der Waals surface area contributed by atoms with E-state index in [0.29, 0.717) is 5.69 Å². The first kappa shape index (κ1) is 19.6. The topological polar surface area (TPSA) is 58.9 Å². The average Bonchev–Trinajstić information content (AvgIpc) is 3.32. The molecule has 4 aromatic rings. The van der Waals surface area contributed by atoms with Gasteiger partial charge in [0, 0.05) is 16.8 Å². The Morgan fingerprint density at radius 2 is 1.43 bits per heavy atom. The zero-order valence-electron chi connectivity index (χ0n) is 16.2. The van der Waals surface area contributed by atoms with E-state index in [9.17, 15) is 9.18 Å². The van der Waals surface area contributed by atoms with E-state index in [1.54, 1.807) is 18.4 Å². The van der Waals surface area contributed by atoms with Crippen LogP contribution in [0, 0.1) is 5.82 Å². The van der Waals surface area contributed by atoms with Crippen molar-refractivity contribution in [3.63, 3.8) is 0 Å². The molecule has 0 unspecified atom stereocenters. The molecule has 4 nitrogen and oxygen atoms in total. The molecule has 0 aliphatic carbocycles. The summed E-state index contributed by atoms with van der Waals surface area (Å²) in [7, 11) is 0. The van der Waals surface area contributed by atoms with Crippen molar-refractivity contribution in [2.45, 2.75) is 12.1 Å². The normalized spacial score (nSPS) is 12.8. The first-order valence-electron chi connectivity index (χ1n) is 9.75. The minimum absolute atomic E-state index is 0.194. The summed E-state index contributed by atoms with van der Waals surface area (Å²) in [6, 6.07) is 28.3. The maximum Gasteiger partial charge on any atom is 0.287 e. The lowest BCUT2D eigenvalue weighted by atomic mass is 10.00. The molecule has 5 heteroatoms. The minimum atomic E-state index is -0.536. The molecule has 3 N–H and O–H groups in total. The molecule has 1 heterocycles. The molecule has 0 spiro atoms. The van der Waals surface area contributed by atoms with Gasteiger partial charge < -0.3 is 15.1 Å². The highest BCUT2D eigenvalue weighted by Crippen LogP contribution is 2.21. The van der Waals surface area contributed by atoms with Crippen LogP contribution in [0.25, 0.3) is 0 Å². The van der Waals surface area contributed by atoms with Crippen molar-refractivity contribution in [2.24, 2.45) is 0 Å². The molecule has 30 heavy (non-hydrogen) atoms. The van der Waals surface area contributed by atoms with Crippen molar-refractivity contribution in [3.05, 3.63) is 126 Å². The van der Waals surface area contributed by atoms with Crippen LogP contribution in [0.4, 0.5) is 10.1 Å². The van der Waals surface area contributed by atoms with Crippen molar-refractivity contribution in [3.8, 4) is 0 Å². The molecule has 0 saturated carbocycles. The van der Waals surface area contributed by atoms with Crippen LogP contribution in [0.3, 0.4) is 0 Å². The molecule has 0 aliphatic rings. The Labute approximate surface area is 174 Å². The molecule has 0 aliphatic heterocycles. The Morgan fingerprint density at radius 3 is 2.03 bits per heavy atom. The van der Waals surface area contributed by atoms with Gasteiger partial charge in [-0.2, -0.15) is 0 Å². The van der Waals surface area contributed by atoms with Crippen molar-refractivity contribution < 1.29 is 18.9 Å². The third-order valence-corrected chi connectivity index (χ3v) is 4.95. The zero-order chi connectivity index (χ0) is 20.8. The molecule has 0 saturated heterocycles. The van der Waals surface area contributed by atoms with Crippen molar-refractivity contribution in [2.75, 3.05) is 5.32 Å². The molecule has 4 rings (SSSR count). The first-order valence-corrected chi connectivity index (χ1v) is 9.75. The van der Waals surface area contributed by atoms with Crippen LogP contribution in [0.5, 0.6) is 0 Å². The number of carbonyl (C=O) groups excluding carboxylic acids is 1. The number of nitrogens with one attached hydrogen (secondary N) is 1. The number of quaternary nitrogens is 1. The van der Waals surface area contributed by atoms with Crippen molar-refractivity contribution in [1.82, 2.24) is 0 Å². The third-order valence-electron chi connectivity index (χ3n) is 4.95. The predicted molar refractivity (Wildman–Crippen MR) is 113 cm³/mol. The summed E-state index contributed by atoms with van der Waals surface area (Å²) in [6.45, 7) is 0. The number of rotatable bonds is 7. The second-order valence-electron chi connectivity index (χ2n) is 6.98. The molecule has 2 atom stereocenters. The van der Waals surface area contributed by atoms with Gasteiger partial charge in [0.2, 0.25) is 0 Å². The van der Waals surface area contributed by atoms with Gasteiger partial charge in [0.1, 0.15) is 5.82 Å². The second-order valence-corrected chi connectivity index (χ2v) is 6.98. The van der Waals surface area contributed by atoms with Crippen LogP contribution in [0.2, 0.25) is 0 Å². The summed E-state index contributed by atoms with van der Waals surface area (Å²) < 4.78 is 18.9. The maximum absolute atomic E-state index is 13.3. The number of furan rings is 1. The summed E-state index contributed by atoms with van der Waals surface area (Å²) >= 11 is 0. The fourth-order valence-corrected chi connectivity index (χ4v) is 3.45. The molecule has 1 amide bonds. The van der Waals surface area contributed by atoms with Gasteiger partial charge in [-0.05, 0) is 36.4 Å². The highest BCUT2D eigenvalue weighted by atomic mass is 19.1. The number of amides is 1. The molecule has 1 aromatic heterocycles. The van der Waals surface area contributed by atoms with Gasteiger partial charge in [0.15, 0.2) is 17.8 Å². The highest BCUT2D eigenvalue weighted by Gasteiger charge is 2.31. The second kappa shape index (κ2) is 9.20. The quantitative estimate of drug-likeness (QED) is 0.481. The minimum Gasteiger partial charge on any atom is -0.463 e. The first-order chi connectivity index (χ1) is 14.7. The van der Waals surface area contributed by atoms with Gasteiger partial charge in [-0.1, -0.05) is 60.7 Å². The maximum atomic E-state index is 13.3. The van der Waals surface area contributed by atoms with Gasteiger partial charge in [-0.25, -0.2) is 4.39 Å². The monoisotopic (exact) mass is 401 g/mol. The lowest BCUT2D eigenvalue weighted by Crippen LogP contribution is -2.88. The van der Waals surface area contributed by atoms with Gasteiger partial charge in [-0.3, -0.25) is 4.79 Å². The van der Waals surface area contributed by atoms with Crippen LogP contribution in [-0.4, -0.2) is 5.91 Å². The molecule has 0 fully saturated rings. The van der Waals surface area contributed by atoms with E-state index in [2.05, 4.69) is 5.32 Å². The van der Waals surface area contributed by atoms with E-state index in [0.717, 1.165) is 16.9 Å². The number of nitrogens with two attached hydrogens (primary N) is 1. The summed E-state index contributed by atoms with van der Waals surface area (Å²) in [5, 5.41) is 4.89. The van der Waals surface area contributed by atoms with Crippen LogP contribution in [0.1, 0.15) is 29.0 Å². The van der Waals surface area contributed by atoms with E-state index in [4.69, 9.17) is 4.42 Å². The fraction of sp³-hybridized carbons (Fsp3) is 0.0800. The number of hydrogen-bond acceptors (Lipinski definition) is 2. The third kappa shape index (κ3) is 4.64. The number of halogens is 1. The average molecular weight is 401 g/mol. The Kier molecular flexibility index (Phi) is 6.01. The molecular formula is C25H22FN2O2+. The summed E-state index contributed by atoms with van der Waals surface area (Å²) in [5.74, 6) is 0.221. The van der Waals surface area contributed by atoms with Gasteiger partial charge in [0.25, 0.3) is 5.91 Å². The standard InChI is InChI=1S/C25H21FN2O2/c26-20-13-15-21(16-14-20)27-25(29)24(19-10-5-2-6-11-19)28-23(22-12-7-17-30-22)18-8-3-1-4-9-18/h1-17,23-24,28H,(H,27,29)/p+1/t23-,24-/m0/s1. The highest BCUT2D eigenvalue weighted by molar-refractivity contribution is 5.94. The number of anilines is 1. The van der Waals surface area contributed by atoms with Crippen LogP contribution in [0.15, 0.2) is 108 Å². The van der Waals surface area contributed by atoms with Gasteiger partial charge in [0.05, 0.1) is 6.26 Å². The van der Waals surface area contributed by atoms with E-state index >= 15 is 0 Å². The SMILES string of the molecule is O=C(Nc1ccc(F)cc1)[C@@H]([NH2+][C@@H](c1ccccc1)c1ccco1)c1ccccc1. The van der Waals surface area contributed by atoms with Gasteiger partial charge in [-0.15, -0.1) is 0 Å². The fourth-order valence-electron chi connectivity index (χ4n) is 3.45. The smallest absolute Gasteiger partial charge is 0.287 e. The predicted octanol–water partition coefficient (Wildman–Crippen LogP) is 4.45. The van der Waals surface area contributed by atoms with Crippen molar-refractivity contribution >= 4 is 11.6 Å². The van der Waals surface area contributed by atoms with Crippen LogP contribution >= 0.6 is 0 Å². The summed E-state index contributed by atoms with van der Waals surface area (Å²) in [5.41, 5.74) is 2.44. The Balaban J connectivity index is 1.66. The lowest BCUT2D eigenvalue weighted by molar-refractivity contribution is -0.715. The van der Waals surface area contributed by atoms with E-state index in [-0.39, 0.29) is 17.8 Å². The summed E-state index contributed by atoms with van der Waals surface area (Å²) in [4.78, 5) is 13.3. The molecule has 150 valence electrons. The number of carbonyl (C=O) groups is 1. The van der Waals surface area contributed by atoms with Crippen molar-refractivity contribution in [1.29, 1.82) is 0 Å². The zero-order valence-corrected chi connectivity index (χ0v) is 16.2. The van der Waals surface area contributed by atoms with Crippen LogP contribution < -0.4 is 10.6 Å². The summed E-state index contributed by atoms with van der Waals surface area (Å²) in [6.07, 6.45) is 1.63. The molecule has 0 bridgehead atoms. The van der Waals surface area contributed by atoms with E-state index < -0.39 is 6.04 Å². The molecule has 3 aromatic carbocycles. The number of benzene rings is 3. The molecular weight excluding hydrogens is 379 g/mol. The lowest BCUT2D eigenvalue weighted by Gasteiger charge is -2.22.